The van der Waals surface area contributed by atoms with E-state index in [0.717, 1.165) is 49.1 Å². The van der Waals surface area contributed by atoms with Crippen LogP contribution in [0.25, 0.3) is 16.7 Å². The quantitative estimate of drug-likeness (QED) is 0.413. The normalized spacial score (nSPS) is 23.6. The fraction of sp³-hybridized carbons (Fsp3) is 0.500. The van der Waals surface area contributed by atoms with E-state index in [-0.39, 0.29) is 35.5 Å². The van der Waals surface area contributed by atoms with Gasteiger partial charge in [0.15, 0.2) is 11.3 Å². The molecule has 2 aliphatic rings. The average Bonchev–Trinajstić information content (AvgIpc) is 3.52. The molecule has 12 heteroatoms. The number of fused-ring (bicyclic) bond motifs is 1. The molecule has 1 aliphatic heterocycles. The number of hydrogen-bond donors (Lipinski definition) is 1. The number of benzene rings is 1. The highest BCUT2D eigenvalue weighted by atomic mass is 35.5. The summed E-state index contributed by atoms with van der Waals surface area (Å²) in [6, 6.07) is 7.14. The van der Waals surface area contributed by atoms with Crippen LogP contribution < -0.4 is 0 Å². The smallest absolute Gasteiger partial charge is 0.190 e. The zero-order valence-corrected chi connectivity index (χ0v) is 25.0. The van der Waals surface area contributed by atoms with Crippen molar-refractivity contribution in [3.8, 4) is 6.07 Å². The Morgan fingerprint density at radius 3 is 2.75 bits per heavy atom. The van der Waals surface area contributed by atoms with Crippen molar-refractivity contribution < 1.29 is 13.5 Å². The van der Waals surface area contributed by atoms with Gasteiger partial charge in [0, 0.05) is 28.4 Å². The second kappa shape index (κ2) is 11.4. The van der Waals surface area contributed by atoms with E-state index in [9.17, 15) is 18.8 Å². The van der Waals surface area contributed by atoms with E-state index in [1.165, 1.54) is 6.26 Å². The molecule has 1 saturated heterocycles. The zero-order chi connectivity index (χ0) is 28.8. The number of likely N-dealkylation sites (tertiary alicyclic amines) is 1. The molecule has 212 valence electrons. The third-order valence-corrected chi connectivity index (χ3v) is 9.62. The SMILES string of the molecule is CC1CC(c2cnc3c(C#N)nn(C(C)c4ccc(Cl)cc4Cl)c3n2)=CCC1N1CCCC1C(O)CS(C)(=O)=O. The number of nitrogens with zero attached hydrogens (tertiary/aromatic N) is 6. The van der Waals surface area contributed by atoms with Gasteiger partial charge >= 0.3 is 0 Å². The highest BCUT2D eigenvalue weighted by Gasteiger charge is 2.39. The van der Waals surface area contributed by atoms with Gasteiger partial charge in [-0.25, -0.2) is 23.1 Å². The van der Waals surface area contributed by atoms with Crippen LogP contribution in [-0.2, 0) is 9.84 Å². The minimum absolute atomic E-state index is 0.159. The van der Waals surface area contributed by atoms with Crippen molar-refractivity contribution in [2.24, 2.45) is 5.92 Å². The van der Waals surface area contributed by atoms with Gasteiger partial charge in [0.2, 0.25) is 0 Å². The second-order valence-corrected chi connectivity index (χ2v) is 14.0. The van der Waals surface area contributed by atoms with E-state index < -0.39 is 15.9 Å². The summed E-state index contributed by atoms with van der Waals surface area (Å²) in [5.74, 6) is 0.0409. The molecular formula is C28H32Cl2N6O3S. The van der Waals surface area contributed by atoms with E-state index in [0.29, 0.717) is 21.2 Å². The standard InChI is InChI=1S/C28H32Cl2N6O3S/c1-16-11-18(6-9-24(16)35-10-4-5-25(35)26(37)15-40(3,38)39)23-14-32-27-22(13-31)34-36(28(27)33-23)17(2)20-8-7-19(29)12-21(20)30/h6-8,12,14,16-17,24-26,37H,4-5,9-11,15H2,1-3H3. The third kappa shape index (κ3) is 5.76. The summed E-state index contributed by atoms with van der Waals surface area (Å²) in [4.78, 5) is 11.8. The Morgan fingerprint density at radius 2 is 2.08 bits per heavy atom. The molecule has 0 bridgehead atoms. The van der Waals surface area contributed by atoms with Crippen LogP contribution in [-0.4, -0.2) is 74.9 Å². The largest absolute Gasteiger partial charge is 0.390 e. The Bertz CT molecular complexity index is 1620. The Labute approximate surface area is 244 Å². The van der Waals surface area contributed by atoms with E-state index in [1.54, 1.807) is 23.0 Å². The minimum Gasteiger partial charge on any atom is -0.390 e. The Kier molecular flexibility index (Phi) is 8.24. The van der Waals surface area contributed by atoms with E-state index >= 15 is 0 Å². The molecule has 1 aromatic carbocycles. The van der Waals surface area contributed by atoms with Gasteiger partial charge in [0.1, 0.15) is 21.4 Å². The predicted octanol–water partition coefficient (Wildman–Crippen LogP) is 4.67. The number of nitriles is 1. The summed E-state index contributed by atoms with van der Waals surface area (Å²) in [6.07, 6.45) is 7.39. The molecule has 0 amide bonds. The lowest BCUT2D eigenvalue weighted by atomic mass is 9.83. The summed E-state index contributed by atoms with van der Waals surface area (Å²) in [6.45, 7) is 4.97. The first kappa shape index (κ1) is 29.0. The molecule has 9 nitrogen and oxygen atoms in total. The molecule has 5 atom stereocenters. The van der Waals surface area contributed by atoms with Gasteiger partial charge in [0.25, 0.3) is 0 Å². The van der Waals surface area contributed by atoms with E-state index in [1.807, 2.05) is 13.0 Å². The van der Waals surface area contributed by atoms with Crippen LogP contribution in [0.4, 0.5) is 0 Å². The molecule has 0 saturated carbocycles. The van der Waals surface area contributed by atoms with Crippen LogP contribution in [0, 0.1) is 17.2 Å². The number of halogens is 2. The summed E-state index contributed by atoms with van der Waals surface area (Å²) in [5.41, 5.74) is 3.74. The molecular weight excluding hydrogens is 571 g/mol. The highest BCUT2D eigenvalue weighted by Crippen LogP contribution is 2.37. The fourth-order valence-electron chi connectivity index (χ4n) is 6.17. The Hall–Kier alpha value is -2.55. The van der Waals surface area contributed by atoms with Crippen LogP contribution >= 0.6 is 23.2 Å². The molecule has 5 rings (SSSR count). The molecule has 0 radical (unpaired) electrons. The minimum atomic E-state index is -3.27. The highest BCUT2D eigenvalue weighted by molar-refractivity contribution is 7.90. The van der Waals surface area contributed by atoms with Crippen molar-refractivity contribution in [1.29, 1.82) is 5.26 Å². The van der Waals surface area contributed by atoms with Gasteiger partial charge < -0.3 is 5.11 Å². The molecule has 5 unspecified atom stereocenters. The third-order valence-electron chi connectivity index (χ3n) is 8.11. The number of hydrogen-bond acceptors (Lipinski definition) is 8. The average molecular weight is 604 g/mol. The molecule has 3 heterocycles. The number of allylic oxidation sites excluding steroid dienone is 1. The second-order valence-electron chi connectivity index (χ2n) is 11.0. The maximum absolute atomic E-state index is 11.8. The van der Waals surface area contributed by atoms with E-state index in [4.69, 9.17) is 28.2 Å². The van der Waals surface area contributed by atoms with Crippen LogP contribution in [0.1, 0.15) is 62.5 Å². The molecule has 1 aliphatic carbocycles. The van der Waals surface area contributed by atoms with Crippen molar-refractivity contribution in [3.63, 3.8) is 0 Å². The summed E-state index contributed by atoms with van der Waals surface area (Å²) in [7, 11) is -3.27. The maximum Gasteiger partial charge on any atom is 0.190 e. The van der Waals surface area contributed by atoms with Crippen LogP contribution in [0.3, 0.4) is 0 Å². The molecule has 2 aromatic heterocycles. The van der Waals surface area contributed by atoms with Gasteiger partial charge in [-0.15, -0.1) is 0 Å². The van der Waals surface area contributed by atoms with Gasteiger partial charge in [-0.2, -0.15) is 10.4 Å². The maximum atomic E-state index is 11.8. The summed E-state index contributed by atoms with van der Waals surface area (Å²) in [5, 5.41) is 26.0. The predicted molar refractivity (Wildman–Crippen MR) is 156 cm³/mol. The van der Waals surface area contributed by atoms with Crippen LogP contribution in [0.2, 0.25) is 10.0 Å². The number of aliphatic hydroxyl groups excluding tert-OH is 1. The number of rotatable bonds is 7. The Balaban J connectivity index is 1.43. The van der Waals surface area contributed by atoms with Crippen molar-refractivity contribution in [2.45, 2.75) is 63.8 Å². The van der Waals surface area contributed by atoms with Crippen molar-refractivity contribution >= 4 is 49.8 Å². The van der Waals surface area contributed by atoms with Crippen LogP contribution in [0.5, 0.6) is 0 Å². The van der Waals surface area contributed by atoms with Crippen molar-refractivity contribution in [3.05, 3.63) is 57.5 Å². The first-order valence-electron chi connectivity index (χ1n) is 13.4. The number of sulfone groups is 1. The molecule has 3 aromatic rings. The molecule has 40 heavy (non-hydrogen) atoms. The first-order valence-corrected chi connectivity index (χ1v) is 16.2. The lowest BCUT2D eigenvalue weighted by Crippen LogP contribution is -2.50. The van der Waals surface area contributed by atoms with E-state index in [2.05, 4.69) is 34.1 Å². The lowest BCUT2D eigenvalue weighted by Gasteiger charge is -2.40. The van der Waals surface area contributed by atoms with Gasteiger partial charge in [-0.1, -0.05) is 42.3 Å². The lowest BCUT2D eigenvalue weighted by molar-refractivity contribution is 0.0463. The van der Waals surface area contributed by atoms with Gasteiger partial charge in [-0.3, -0.25) is 4.90 Å². The molecule has 1 fully saturated rings. The number of aromatic nitrogens is 4. The monoisotopic (exact) mass is 602 g/mol. The van der Waals surface area contributed by atoms with Crippen LogP contribution in [0.15, 0.2) is 30.5 Å². The number of aliphatic hydroxyl groups is 1. The van der Waals surface area contributed by atoms with Crippen molar-refractivity contribution in [2.75, 3.05) is 18.6 Å². The first-order chi connectivity index (χ1) is 19.0. The summed E-state index contributed by atoms with van der Waals surface area (Å²) < 4.78 is 25.3. The van der Waals surface area contributed by atoms with Gasteiger partial charge in [0.05, 0.1) is 29.8 Å². The van der Waals surface area contributed by atoms with Crippen molar-refractivity contribution in [1.82, 2.24) is 24.6 Å². The topological polar surface area (TPSA) is 125 Å². The summed E-state index contributed by atoms with van der Waals surface area (Å²) >= 11 is 12.6. The van der Waals surface area contributed by atoms with Gasteiger partial charge in [-0.05, 0) is 68.3 Å². The molecule has 1 N–H and O–H groups in total. The fourth-order valence-corrected chi connectivity index (χ4v) is 7.58. The molecule has 0 spiro atoms. The Morgan fingerprint density at radius 1 is 1.30 bits per heavy atom. The zero-order valence-electron chi connectivity index (χ0n) is 22.6.